The summed E-state index contributed by atoms with van der Waals surface area (Å²) in [5, 5.41) is 0. The number of nitrogens with zero attached hydrogens (tertiary/aromatic N) is 5. The van der Waals surface area contributed by atoms with Crippen molar-refractivity contribution >= 4 is 36.1 Å². The molecule has 3 heterocycles. The van der Waals surface area contributed by atoms with Crippen LogP contribution in [0.3, 0.4) is 0 Å². The fraction of sp³-hybridized carbons (Fsp3) is 0.409. The van der Waals surface area contributed by atoms with Crippen LogP contribution in [-0.2, 0) is 16.0 Å². The van der Waals surface area contributed by atoms with Gasteiger partial charge >= 0.3 is 0 Å². The second-order valence-electron chi connectivity index (χ2n) is 7.34. The van der Waals surface area contributed by atoms with E-state index in [4.69, 9.17) is 5.73 Å². The SMILES string of the molecule is CS/C(=C\c1ccnc(N2CCC(CN)CC2)n1)C(=O)N(C=O)CCc1ccccn1. The number of carbonyl (C=O) groups excluding carboxylic acids is 2. The van der Waals surface area contributed by atoms with Crippen LogP contribution >= 0.6 is 11.8 Å². The fourth-order valence-corrected chi connectivity index (χ4v) is 3.96. The van der Waals surface area contributed by atoms with Crippen molar-refractivity contribution in [2.75, 3.05) is 37.3 Å². The van der Waals surface area contributed by atoms with Gasteiger partial charge in [-0.15, -0.1) is 11.8 Å². The van der Waals surface area contributed by atoms with Crippen molar-refractivity contribution in [3.63, 3.8) is 0 Å². The van der Waals surface area contributed by atoms with Gasteiger partial charge in [-0.1, -0.05) is 6.07 Å². The van der Waals surface area contributed by atoms with E-state index < -0.39 is 0 Å². The molecule has 0 atom stereocenters. The van der Waals surface area contributed by atoms with E-state index in [1.54, 1.807) is 24.5 Å². The molecule has 0 saturated carbocycles. The number of hydrogen-bond acceptors (Lipinski definition) is 8. The highest BCUT2D eigenvalue weighted by molar-refractivity contribution is 8.03. The van der Waals surface area contributed by atoms with Gasteiger partial charge in [-0.2, -0.15) is 0 Å². The minimum absolute atomic E-state index is 0.266. The highest BCUT2D eigenvalue weighted by Gasteiger charge is 2.21. The van der Waals surface area contributed by atoms with Gasteiger partial charge in [-0.3, -0.25) is 19.5 Å². The molecule has 0 aromatic carbocycles. The van der Waals surface area contributed by atoms with Gasteiger partial charge in [0.1, 0.15) is 0 Å². The first-order valence-electron chi connectivity index (χ1n) is 10.3. The highest BCUT2D eigenvalue weighted by Crippen LogP contribution is 2.22. The fourth-order valence-electron chi connectivity index (χ4n) is 3.43. The first-order valence-corrected chi connectivity index (χ1v) is 11.6. The Morgan fingerprint density at radius 3 is 2.71 bits per heavy atom. The molecule has 0 radical (unpaired) electrons. The van der Waals surface area contributed by atoms with Crippen LogP contribution in [0.15, 0.2) is 41.6 Å². The van der Waals surface area contributed by atoms with Gasteiger partial charge in [-0.05, 0) is 55.8 Å². The zero-order valence-corrected chi connectivity index (χ0v) is 18.5. The van der Waals surface area contributed by atoms with E-state index in [0.29, 0.717) is 41.8 Å². The number of nitrogens with two attached hydrogens (primary N) is 1. The standard InChI is InChI=1S/C22H28N6O2S/c1-31-20(21(30)28(16-29)13-8-18-4-2-3-9-24-18)14-19-5-10-25-22(26-19)27-11-6-17(15-23)7-12-27/h2-5,9-10,14,16-17H,6-8,11-13,15,23H2,1H3/b20-14-. The Morgan fingerprint density at radius 1 is 1.26 bits per heavy atom. The summed E-state index contributed by atoms with van der Waals surface area (Å²) >= 11 is 1.29. The van der Waals surface area contributed by atoms with Crippen LogP contribution in [0.5, 0.6) is 0 Å². The van der Waals surface area contributed by atoms with Gasteiger partial charge in [-0.25, -0.2) is 9.97 Å². The number of rotatable bonds is 9. The molecule has 31 heavy (non-hydrogen) atoms. The molecule has 0 bridgehead atoms. The maximum atomic E-state index is 12.9. The molecule has 2 aromatic heterocycles. The molecule has 8 nitrogen and oxygen atoms in total. The molecule has 2 amide bonds. The first kappa shape index (κ1) is 22.9. The van der Waals surface area contributed by atoms with Crippen LogP contribution < -0.4 is 10.6 Å². The van der Waals surface area contributed by atoms with Gasteiger partial charge < -0.3 is 10.6 Å². The molecule has 164 valence electrons. The topological polar surface area (TPSA) is 105 Å². The molecule has 2 aromatic rings. The van der Waals surface area contributed by atoms with Crippen molar-refractivity contribution < 1.29 is 9.59 Å². The Labute approximate surface area is 187 Å². The molecule has 0 unspecified atom stereocenters. The third-order valence-electron chi connectivity index (χ3n) is 5.33. The largest absolute Gasteiger partial charge is 0.341 e. The monoisotopic (exact) mass is 440 g/mol. The van der Waals surface area contributed by atoms with Gasteiger partial charge in [0.15, 0.2) is 0 Å². The number of anilines is 1. The minimum atomic E-state index is -0.345. The van der Waals surface area contributed by atoms with E-state index in [1.165, 1.54) is 16.7 Å². The molecule has 9 heteroatoms. The summed E-state index contributed by atoms with van der Waals surface area (Å²) in [6.07, 6.45) is 10.0. The maximum Gasteiger partial charge on any atom is 0.266 e. The van der Waals surface area contributed by atoms with Crippen molar-refractivity contribution in [2.45, 2.75) is 19.3 Å². The van der Waals surface area contributed by atoms with Crippen LogP contribution in [-0.4, -0.2) is 64.6 Å². The average Bonchev–Trinajstić information content (AvgIpc) is 2.83. The van der Waals surface area contributed by atoms with E-state index >= 15 is 0 Å². The number of hydrogen-bond donors (Lipinski definition) is 1. The number of carbonyl (C=O) groups is 2. The van der Waals surface area contributed by atoms with Gasteiger partial charge in [0, 0.05) is 44.1 Å². The lowest BCUT2D eigenvalue weighted by molar-refractivity contribution is -0.134. The summed E-state index contributed by atoms with van der Waals surface area (Å²) in [6.45, 7) is 2.72. The molecule has 3 rings (SSSR count). The number of aromatic nitrogens is 3. The third-order valence-corrected chi connectivity index (χ3v) is 6.06. The molecular weight excluding hydrogens is 412 g/mol. The average molecular weight is 441 g/mol. The molecule has 1 aliphatic heterocycles. The Morgan fingerprint density at radius 2 is 2.06 bits per heavy atom. The van der Waals surface area contributed by atoms with Crippen molar-refractivity contribution in [3.05, 3.63) is 53.0 Å². The van der Waals surface area contributed by atoms with Crippen LogP contribution in [0.1, 0.15) is 24.2 Å². The Balaban J connectivity index is 1.69. The van der Waals surface area contributed by atoms with Crippen molar-refractivity contribution in [2.24, 2.45) is 11.7 Å². The summed E-state index contributed by atoms with van der Waals surface area (Å²) in [4.78, 5) is 41.5. The predicted molar refractivity (Wildman–Crippen MR) is 123 cm³/mol. The molecule has 0 aliphatic carbocycles. The van der Waals surface area contributed by atoms with Crippen LogP contribution in [0.25, 0.3) is 6.08 Å². The summed E-state index contributed by atoms with van der Waals surface area (Å²) in [7, 11) is 0. The summed E-state index contributed by atoms with van der Waals surface area (Å²) < 4.78 is 0. The zero-order chi connectivity index (χ0) is 22.1. The lowest BCUT2D eigenvalue weighted by Crippen LogP contribution is -2.37. The third kappa shape index (κ3) is 6.35. The number of amides is 2. The van der Waals surface area contributed by atoms with Crippen molar-refractivity contribution in [1.29, 1.82) is 0 Å². The second-order valence-corrected chi connectivity index (χ2v) is 8.18. The lowest BCUT2D eigenvalue weighted by Gasteiger charge is -2.31. The summed E-state index contributed by atoms with van der Waals surface area (Å²) in [5.74, 6) is 0.863. The van der Waals surface area contributed by atoms with Gasteiger partial charge in [0.2, 0.25) is 12.4 Å². The quantitative estimate of drug-likeness (QED) is 0.466. The molecule has 1 saturated heterocycles. The molecular formula is C22H28N6O2S. The Bertz CT molecular complexity index is 900. The highest BCUT2D eigenvalue weighted by atomic mass is 32.2. The maximum absolute atomic E-state index is 12.9. The second kappa shape index (κ2) is 11.6. The van der Waals surface area contributed by atoms with E-state index in [2.05, 4.69) is 19.9 Å². The Hall–Kier alpha value is -2.78. The first-order chi connectivity index (χ1) is 15.1. The number of piperidine rings is 1. The number of thioether (sulfide) groups is 1. The molecule has 2 N–H and O–H groups in total. The van der Waals surface area contributed by atoms with Crippen molar-refractivity contribution in [1.82, 2.24) is 19.9 Å². The minimum Gasteiger partial charge on any atom is -0.341 e. The van der Waals surface area contributed by atoms with Crippen LogP contribution in [0.2, 0.25) is 0 Å². The van der Waals surface area contributed by atoms with E-state index in [1.807, 2.05) is 24.5 Å². The van der Waals surface area contributed by atoms with E-state index in [-0.39, 0.29) is 12.5 Å². The number of pyridine rings is 1. The lowest BCUT2D eigenvalue weighted by atomic mass is 9.97. The summed E-state index contributed by atoms with van der Waals surface area (Å²) in [5.41, 5.74) is 7.24. The van der Waals surface area contributed by atoms with Crippen molar-refractivity contribution in [3.8, 4) is 0 Å². The smallest absolute Gasteiger partial charge is 0.266 e. The summed E-state index contributed by atoms with van der Waals surface area (Å²) in [6, 6.07) is 7.35. The normalized spacial score (nSPS) is 15.0. The van der Waals surface area contributed by atoms with Crippen LogP contribution in [0, 0.1) is 5.92 Å². The molecule has 1 aliphatic rings. The Kier molecular flexibility index (Phi) is 8.54. The molecule has 0 spiro atoms. The predicted octanol–water partition coefficient (Wildman–Crippen LogP) is 1.98. The number of imide groups is 1. The van der Waals surface area contributed by atoms with E-state index in [0.717, 1.165) is 31.6 Å². The molecule has 1 fully saturated rings. The zero-order valence-electron chi connectivity index (χ0n) is 17.7. The van der Waals surface area contributed by atoms with E-state index in [9.17, 15) is 9.59 Å². The van der Waals surface area contributed by atoms with Gasteiger partial charge in [0.05, 0.1) is 10.6 Å². The van der Waals surface area contributed by atoms with Crippen LogP contribution in [0.4, 0.5) is 5.95 Å². The van der Waals surface area contributed by atoms with Gasteiger partial charge in [0.25, 0.3) is 5.91 Å².